The van der Waals surface area contributed by atoms with Crippen LogP contribution >= 0.6 is 0 Å². The van der Waals surface area contributed by atoms with Gasteiger partial charge in [-0.15, -0.1) is 10.2 Å². The zero-order chi connectivity index (χ0) is 14.1. The minimum absolute atomic E-state index is 0.142. The molecule has 1 saturated carbocycles. The first-order valence-corrected chi connectivity index (χ1v) is 6.85. The minimum Gasteiger partial charge on any atom is -0.478 e. The van der Waals surface area contributed by atoms with Crippen molar-refractivity contribution in [2.45, 2.75) is 38.6 Å². The van der Waals surface area contributed by atoms with Gasteiger partial charge in [0.1, 0.15) is 11.9 Å². The molecule has 106 valence electrons. The molecule has 2 unspecified atom stereocenters. The zero-order valence-electron chi connectivity index (χ0n) is 11.3. The Morgan fingerprint density at radius 2 is 2.25 bits per heavy atom. The third-order valence-corrected chi connectivity index (χ3v) is 4.01. The van der Waals surface area contributed by atoms with Crippen molar-refractivity contribution in [2.24, 2.45) is 5.92 Å². The number of aromatic carboxylic acids is 1. The Kier molecular flexibility index (Phi) is 3.25. The highest BCUT2D eigenvalue weighted by Crippen LogP contribution is 2.29. The van der Waals surface area contributed by atoms with E-state index >= 15 is 0 Å². The number of rotatable bonds is 3. The van der Waals surface area contributed by atoms with E-state index in [0.717, 1.165) is 12.8 Å². The van der Waals surface area contributed by atoms with Crippen LogP contribution in [0.3, 0.4) is 0 Å². The molecule has 0 amide bonds. The van der Waals surface area contributed by atoms with Gasteiger partial charge in [-0.3, -0.25) is 0 Å². The average Bonchev–Trinajstić information content (AvgIpc) is 2.90. The second-order valence-electron chi connectivity index (χ2n) is 5.35. The molecule has 0 radical (unpaired) electrons. The Balaban J connectivity index is 2.01. The lowest BCUT2D eigenvalue weighted by Crippen LogP contribution is -2.31. The lowest BCUT2D eigenvalue weighted by molar-refractivity contribution is 0.0697. The summed E-state index contributed by atoms with van der Waals surface area (Å²) in [7, 11) is 0. The maximum Gasteiger partial charge on any atom is 0.339 e. The van der Waals surface area contributed by atoms with E-state index in [-0.39, 0.29) is 11.6 Å². The molecule has 2 N–H and O–H groups in total. The van der Waals surface area contributed by atoms with Gasteiger partial charge in [-0.2, -0.15) is 9.61 Å². The Hall–Kier alpha value is -2.18. The third kappa shape index (κ3) is 2.19. The minimum atomic E-state index is -1.01. The molecule has 7 heteroatoms. The molecule has 2 aromatic heterocycles. The van der Waals surface area contributed by atoms with Crippen LogP contribution in [0.2, 0.25) is 0 Å². The summed E-state index contributed by atoms with van der Waals surface area (Å²) in [5, 5.41) is 24.5. The van der Waals surface area contributed by atoms with Crippen LogP contribution < -0.4 is 5.32 Å². The van der Waals surface area contributed by atoms with Gasteiger partial charge in [0.15, 0.2) is 0 Å². The van der Waals surface area contributed by atoms with Gasteiger partial charge in [0.25, 0.3) is 0 Å². The predicted octanol–water partition coefficient (Wildman–Crippen LogP) is 1.81. The highest BCUT2D eigenvalue weighted by molar-refractivity contribution is 5.97. The first-order valence-electron chi connectivity index (χ1n) is 6.85. The molecule has 1 aliphatic carbocycles. The molecule has 0 bridgehead atoms. The van der Waals surface area contributed by atoms with E-state index in [9.17, 15) is 9.90 Å². The van der Waals surface area contributed by atoms with Crippen molar-refractivity contribution in [3.05, 3.63) is 18.1 Å². The van der Waals surface area contributed by atoms with Crippen LogP contribution in [0.1, 0.15) is 43.0 Å². The summed E-state index contributed by atoms with van der Waals surface area (Å²) in [5.41, 5.74) is 1.12. The number of carbonyl (C=O) groups is 1. The van der Waals surface area contributed by atoms with E-state index in [0.29, 0.717) is 17.3 Å². The Labute approximate surface area is 116 Å². The van der Waals surface area contributed by atoms with Gasteiger partial charge >= 0.3 is 5.97 Å². The van der Waals surface area contributed by atoms with Crippen LogP contribution in [0.25, 0.3) is 5.65 Å². The molecule has 2 aromatic rings. The number of carboxylic acids is 1. The van der Waals surface area contributed by atoms with Crippen molar-refractivity contribution in [3.8, 4) is 0 Å². The normalized spacial score (nSPS) is 22.9. The van der Waals surface area contributed by atoms with Gasteiger partial charge in [-0.25, -0.2) is 4.79 Å². The first-order chi connectivity index (χ1) is 9.66. The Bertz CT molecular complexity index is 639. The number of hydrogen-bond donors (Lipinski definition) is 2. The summed E-state index contributed by atoms with van der Waals surface area (Å²) in [6, 6.07) is 0.268. The molecule has 20 heavy (non-hydrogen) atoms. The third-order valence-electron chi connectivity index (χ3n) is 4.01. The monoisotopic (exact) mass is 275 g/mol. The van der Waals surface area contributed by atoms with Gasteiger partial charge in [-0.05, 0) is 18.8 Å². The van der Waals surface area contributed by atoms with Gasteiger partial charge < -0.3 is 10.4 Å². The molecular weight excluding hydrogens is 258 g/mol. The van der Waals surface area contributed by atoms with Crippen LogP contribution in [0, 0.1) is 5.92 Å². The van der Waals surface area contributed by atoms with Crippen molar-refractivity contribution in [1.82, 2.24) is 19.8 Å². The zero-order valence-corrected chi connectivity index (χ0v) is 11.3. The molecule has 2 atom stereocenters. The van der Waals surface area contributed by atoms with Crippen LogP contribution in [-0.2, 0) is 0 Å². The van der Waals surface area contributed by atoms with Gasteiger partial charge in [-0.1, -0.05) is 19.8 Å². The average molecular weight is 275 g/mol. The molecule has 0 saturated heterocycles. The summed E-state index contributed by atoms with van der Waals surface area (Å²) < 4.78 is 1.49. The lowest BCUT2D eigenvalue weighted by Gasteiger charge is -2.30. The summed E-state index contributed by atoms with van der Waals surface area (Å²) in [4.78, 5) is 11.4. The SMILES string of the molecule is CC1CCCCC1Nc1c(C(=O)O)cnn2cnnc12. The van der Waals surface area contributed by atoms with E-state index in [1.165, 1.54) is 29.9 Å². The molecule has 1 fully saturated rings. The van der Waals surface area contributed by atoms with Crippen molar-refractivity contribution >= 4 is 17.3 Å². The second kappa shape index (κ2) is 5.07. The topological polar surface area (TPSA) is 92.4 Å². The number of aromatic nitrogens is 4. The van der Waals surface area contributed by atoms with E-state index in [1.54, 1.807) is 0 Å². The summed E-state index contributed by atoms with van der Waals surface area (Å²) in [5.74, 6) is -0.490. The van der Waals surface area contributed by atoms with Gasteiger partial charge in [0.2, 0.25) is 5.65 Å². The largest absolute Gasteiger partial charge is 0.478 e. The quantitative estimate of drug-likeness (QED) is 0.887. The van der Waals surface area contributed by atoms with Crippen LogP contribution in [0.15, 0.2) is 12.5 Å². The number of fused-ring (bicyclic) bond motifs is 1. The van der Waals surface area contributed by atoms with Crippen molar-refractivity contribution < 1.29 is 9.90 Å². The van der Waals surface area contributed by atoms with E-state index in [4.69, 9.17) is 0 Å². The molecule has 0 aromatic carbocycles. The van der Waals surface area contributed by atoms with E-state index in [2.05, 4.69) is 27.5 Å². The van der Waals surface area contributed by atoms with Gasteiger partial charge in [0.05, 0.1) is 11.9 Å². The van der Waals surface area contributed by atoms with E-state index in [1.807, 2.05) is 0 Å². The molecule has 7 nitrogen and oxygen atoms in total. The summed E-state index contributed by atoms with van der Waals surface area (Å²) in [6.45, 7) is 2.19. The number of carboxylic acid groups (broad SMARTS) is 1. The fourth-order valence-corrected chi connectivity index (χ4v) is 2.80. The molecule has 0 spiro atoms. The fourth-order valence-electron chi connectivity index (χ4n) is 2.80. The molecule has 3 rings (SSSR count). The van der Waals surface area contributed by atoms with Crippen LogP contribution in [0.5, 0.6) is 0 Å². The maximum atomic E-state index is 11.4. The summed E-state index contributed by atoms with van der Waals surface area (Å²) >= 11 is 0. The Morgan fingerprint density at radius 1 is 1.45 bits per heavy atom. The maximum absolute atomic E-state index is 11.4. The standard InChI is InChI=1S/C13H17N5O2/c1-8-4-2-3-5-10(8)16-11-9(13(19)20)6-15-18-7-14-17-12(11)18/h6-8,10,16H,2-5H2,1H3,(H,19,20). The number of nitrogens with zero attached hydrogens (tertiary/aromatic N) is 4. The smallest absolute Gasteiger partial charge is 0.339 e. The second-order valence-corrected chi connectivity index (χ2v) is 5.35. The number of anilines is 1. The van der Waals surface area contributed by atoms with Crippen LogP contribution in [-0.4, -0.2) is 36.9 Å². The number of nitrogens with one attached hydrogen (secondary N) is 1. The highest BCUT2D eigenvalue weighted by Gasteiger charge is 2.25. The fraction of sp³-hybridized carbons (Fsp3) is 0.538. The molecule has 2 heterocycles. The van der Waals surface area contributed by atoms with Crippen molar-refractivity contribution in [1.29, 1.82) is 0 Å². The Morgan fingerprint density at radius 3 is 3.00 bits per heavy atom. The molecule has 0 aliphatic heterocycles. The number of hydrogen-bond acceptors (Lipinski definition) is 5. The van der Waals surface area contributed by atoms with Gasteiger partial charge in [0, 0.05) is 6.04 Å². The lowest BCUT2D eigenvalue weighted by atomic mass is 9.86. The summed E-state index contributed by atoms with van der Waals surface area (Å²) in [6.07, 6.45) is 7.42. The van der Waals surface area contributed by atoms with Crippen LogP contribution in [0.4, 0.5) is 5.69 Å². The molecular formula is C13H17N5O2. The molecule has 1 aliphatic rings. The van der Waals surface area contributed by atoms with Crippen molar-refractivity contribution in [3.63, 3.8) is 0 Å². The van der Waals surface area contributed by atoms with E-state index < -0.39 is 5.97 Å². The highest BCUT2D eigenvalue weighted by atomic mass is 16.4. The van der Waals surface area contributed by atoms with Crippen molar-refractivity contribution in [2.75, 3.05) is 5.32 Å². The first kappa shape index (κ1) is 12.8. The predicted molar refractivity (Wildman–Crippen MR) is 72.8 cm³/mol.